The van der Waals surface area contributed by atoms with Crippen LogP contribution in [0, 0.1) is 5.92 Å². The molecule has 0 radical (unpaired) electrons. The predicted molar refractivity (Wildman–Crippen MR) is 159 cm³/mol. The molecule has 0 atom stereocenters. The van der Waals surface area contributed by atoms with Crippen molar-refractivity contribution in [2.24, 2.45) is 13.0 Å². The van der Waals surface area contributed by atoms with E-state index in [-0.39, 0.29) is 5.04 Å². The first-order valence-corrected chi connectivity index (χ1v) is 16.4. The molecule has 2 aromatic carbocycles. The van der Waals surface area contributed by atoms with Gasteiger partial charge in [-0.25, -0.2) is 4.98 Å². The third-order valence-electron chi connectivity index (χ3n) is 8.01. The quantitative estimate of drug-likeness (QED) is 0.208. The smallest absolute Gasteiger partial charge is 0.192 e. The number of hydrogen-bond acceptors (Lipinski definition) is 5. The highest BCUT2D eigenvalue weighted by atomic mass is 28.4. The number of nitrogens with zero attached hydrogens (tertiary/aromatic N) is 4. The summed E-state index contributed by atoms with van der Waals surface area (Å²) in [6, 6.07) is 15.0. The third-order valence-corrected chi connectivity index (χ3v) is 12.5. The summed E-state index contributed by atoms with van der Waals surface area (Å²) < 4.78 is 14.3. The number of methoxy groups -OCH3 is 1. The average molecular weight is 529 g/mol. The van der Waals surface area contributed by atoms with Gasteiger partial charge in [0.25, 0.3) is 0 Å². The summed E-state index contributed by atoms with van der Waals surface area (Å²) in [5, 5.41) is 0.164. The molecule has 0 spiro atoms. The molecule has 0 amide bonds. The maximum Gasteiger partial charge on any atom is 0.192 e. The van der Waals surface area contributed by atoms with E-state index in [2.05, 4.69) is 87.4 Å². The van der Waals surface area contributed by atoms with Crippen LogP contribution in [0.2, 0.25) is 18.1 Å². The Labute approximate surface area is 227 Å². The predicted octanol–water partition coefficient (Wildman–Crippen LogP) is 7.71. The van der Waals surface area contributed by atoms with Crippen LogP contribution in [0.25, 0.3) is 22.3 Å². The van der Waals surface area contributed by atoms with Crippen LogP contribution in [0.15, 0.2) is 61.1 Å². The maximum atomic E-state index is 6.57. The van der Waals surface area contributed by atoms with Crippen molar-refractivity contribution < 1.29 is 9.16 Å². The molecule has 5 rings (SSSR count). The average Bonchev–Trinajstić information content (AvgIpc) is 3.61. The first-order chi connectivity index (χ1) is 18.0. The van der Waals surface area contributed by atoms with E-state index < -0.39 is 8.32 Å². The molecule has 2 heterocycles. The molecule has 1 aliphatic rings. The summed E-state index contributed by atoms with van der Waals surface area (Å²) in [6.07, 6.45) is 8.50. The van der Waals surface area contributed by atoms with Gasteiger partial charge in [-0.15, -0.1) is 0 Å². The molecule has 0 N–H and O–H groups in total. The van der Waals surface area contributed by atoms with Crippen molar-refractivity contribution >= 4 is 30.7 Å². The molecule has 0 aliphatic heterocycles. The van der Waals surface area contributed by atoms with E-state index in [1.807, 2.05) is 24.0 Å². The molecule has 1 aliphatic carbocycles. The molecule has 7 heteroatoms. The van der Waals surface area contributed by atoms with Gasteiger partial charge in [0.15, 0.2) is 8.32 Å². The lowest BCUT2D eigenvalue weighted by Crippen LogP contribution is -2.40. The zero-order valence-corrected chi connectivity index (χ0v) is 24.8. The van der Waals surface area contributed by atoms with Crippen LogP contribution in [0.5, 0.6) is 5.75 Å². The van der Waals surface area contributed by atoms with Gasteiger partial charge in [0, 0.05) is 49.0 Å². The second-order valence-corrected chi connectivity index (χ2v) is 16.9. The van der Waals surface area contributed by atoms with E-state index >= 15 is 0 Å². The van der Waals surface area contributed by atoms with Crippen LogP contribution in [-0.4, -0.2) is 36.5 Å². The summed E-state index contributed by atoms with van der Waals surface area (Å²) in [6.45, 7) is 13.0. The molecule has 0 bridgehead atoms. The van der Waals surface area contributed by atoms with E-state index in [1.54, 1.807) is 7.11 Å². The van der Waals surface area contributed by atoms with Crippen molar-refractivity contribution in [2.75, 3.05) is 18.6 Å². The maximum absolute atomic E-state index is 6.57. The summed E-state index contributed by atoms with van der Waals surface area (Å²) >= 11 is 0. The van der Waals surface area contributed by atoms with E-state index in [0.717, 1.165) is 51.5 Å². The Bertz CT molecular complexity index is 1440. The van der Waals surface area contributed by atoms with Crippen molar-refractivity contribution in [2.45, 2.75) is 58.4 Å². The molecule has 1 fully saturated rings. The second-order valence-electron chi connectivity index (χ2n) is 12.1. The van der Waals surface area contributed by atoms with Crippen LogP contribution in [-0.2, 0) is 18.1 Å². The van der Waals surface area contributed by atoms with Gasteiger partial charge in [0.2, 0.25) is 0 Å². The Kier molecular flexibility index (Phi) is 7.09. The molecule has 2 aromatic heterocycles. The minimum atomic E-state index is -1.87. The number of benzene rings is 2. The Morgan fingerprint density at radius 3 is 2.47 bits per heavy atom. The number of hydrogen-bond donors (Lipinski definition) is 0. The van der Waals surface area contributed by atoms with E-state index in [0.29, 0.717) is 12.5 Å². The van der Waals surface area contributed by atoms with Crippen LogP contribution in [0.4, 0.5) is 11.4 Å². The molecule has 4 aromatic rings. The molecule has 1 saturated carbocycles. The Hall–Kier alpha value is -3.16. The lowest BCUT2D eigenvalue weighted by atomic mass is 10.1. The fraction of sp³-hybridized carbons (Fsp3) is 0.419. The third kappa shape index (κ3) is 5.79. The second kappa shape index (κ2) is 10.2. The van der Waals surface area contributed by atoms with Gasteiger partial charge in [-0.2, -0.15) is 0 Å². The van der Waals surface area contributed by atoms with Crippen molar-refractivity contribution in [3.63, 3.8) is 0 Å². The highest BCUT2D eigenvalue weighted by molar-refractivity contribution is 6.74. The fourth-order valence-corrected chi connectivity index (χ4v) is 5.32. The Morgan fingerprint density at radius 2 is 1.82 bits per heavy atom. The highest BCUT2D eigenvalue weighted by Gasteiger charge is 2.37. The minimum Gasteiger partial charge on any atom is -0.497 e. The van der Waals surface area contributed by atoms with Crippen LogP contribution in [0.1, 0.15) is 39.2 Å². The van der Waals surface area contributed by atoms with Crippen LogP contribution < -0.4 is 9.64 Å². The highest BCUT2D eigenvalue weighted by Crippen LogP contribution is 2.39. The number of ether oxygens (including phenoxy) is 1. The minimum absolute atomic E-state index is 0.164. The normalized spacial score (nSPS) is 14.2. The van der Waals surface area contributed by atoms with E-state index in [9.17, 15) is 0 Å². The van der Waals surface area contributed by atoms with E-state index in [1.165, 1.54) is 12.8 Å². The monoisotopic (exact) mass is 528 g/mol. The summed E-state index contributed by atoms with van der Waals surface area (Å²) in [4.78, 5) is 12.1. The standard InChI is InChI=1S/C31H40N4O2Si/c1-31(2,3)38(6,7)37-21-23-14-26(16-27(15-23)36-5)35(19-22-8-9-22)25-10-11-28-29(17-25)33-30(18-32-28)24-12-13-34(4)20-24/h10-18,20,22H,8-9,19,21H2,1-7H3. The van der Waals surface area contributed by atoms with Gasteiger partial charge in [-0.3, -0.25) is 4.98 Å². The molecular weight excluding hydrogens is 488 g/mol. The van der Waals surface area contributed by atoms with Gasteiger partial charge >= 0.3 is 0 Å². The van der Waals surface area contributed by atoms with Crippen LogP contribution in [0.3, 0.4) is 0 Å². The SMILES string of the molecule is COc1cc(CO[Si](C)(C)C(C)(C)C)cc(N(CC2CC2)c2ccc3ncc(-c4ccn(C)c4)nc3c2)c1. The zero-order chi connectivity index (χ0) is 27.1. The molecule has 6 nitrogen and oxygen atoms in total. The fourth-order valence-electron chi connectivity index (χ4n) is 4.36. The Balaban J connectivity index is 1.50. The lowest BCUT2D eigenvalue weighted by Gasteiger charge is -2.36. The summed E-state index contributed by atoms with van der Waals surface area (Å²) in [7, 11) is 1.88. The van der Waals surface area contributed by atoms with Gasteiger partial charge in [0.1, 0.15) is 5.75 Å². The largest absolute Gasteiger partial charge is 0.497 e. The molecular formula is C31H40N4O2Si. The molecule has 38 heavy (non-hydrogen) atoms. The van der Waals surface area contributed by atoms with E-state index in [4.69, 9.17) is 19.1 Å². The van der Waals surface area contributed by atoms with Gasteiger partial charge in [0.05, 0.1) is 36.6 Å². The van der Waals surface area contributed by atoms with Crippen molar-refractivity contribution in [3.05, 3.63) is 66.6 Å². The number of rotatable bonds is 9. The first kappa shape index (κ1) is 26.4. The summed E-state index contributed by atoms with van der Waals surface area (Å²) in [5.41, 5.74) is 7.13. The van der Waals surface area contributed by atoms with Crippen molar-refractivity contribution in [3.8, 4) is 17.0 Å². The molecule has 200 valence electrons. The number of aromatic nitrogens is 3. The van der Waals surface area contributed by atoms with Crippen LogP contribution >= 0.6 is 0 Å². The number of aryl methyl sites for hydroxylation is 1. The molecule has 0 saturated heterocycles. The van der Waals surface area contributed by atoms with Gasteiger partial charge in [-0.05, 0) is 78.9 Å². The number of fused-ring (bicyclic) bond motifs is 1. The van der Waals surface area contributed by atoms with Gasteiger partial charge in [-0.1, -0.05) is 20.8 Å². The lowest BCUT2D eigenvalue weighted by molar-refractivity contribution is 0.275. The summed E-state index contributed by atoms with van der Waals surface area (Å²) in [5.74, 6) is 1.55. The van der Waals surface area contributed by atoms with Crippen molar-refractivity contribution in [1.82, 2.24) is 14.5 Å². The Morgan fingerprint density at radius 1 is 1.03 bits per heavy atom. The van der Waals surface area contributed by atoms with Crippen molar-refractivity contribution in [1.29, 1.82) is 0 Å². The molecule has 0 unspecified atom stereocenters. The first-order valence-electron chi connectivity index (χ1n) is 13.5. The zero-order valence-electron chi connectivity index (χ0n) is 23.8. The van der Waals surface area contributed by atoms with Gasteiger partial charge < -0.3 is 18.6 Å². The number of anilines is 2. The topological polar surface area (TPSA) is 52.4 Å².